The maximum atomic E-state index is 11.9. The monoisotopic (exact) mass is 300 g/mol. The van der Waals surface area contributed by atoms with Crippen LogP contribution in [0.1, 0.15) is 26.4 Å². The molecular formula is C16H16N2O2S. The van der Waals surface area contributed by atoms with Gasteiger partial charge in [0.2, 0.25) is 5.91 Å². The maximum Gasteiger partial charge on any atom is 0.251 e. The number of nitrogens with two attached hydrogens (primary N) is 1. The highest BCUT2D eigenvalue weighted by Crippen LogP contribution is 2.27. The van der Waals surface area contributed by atoms with E-state index in [2.05, 4.69) is 5.32 Å². The van der Waals surface area contributed by atoms with Gasteiger partial charge in [0.25, 0.3) is 5.91 Å². The van der Waals surface area contributed by atoms with Crippen molar-refractivity contribution in [2.24, 2.45) is 5.73 Å². The minimum absolute atomic E-state index is 0.292. The van der Waals surface area contributed by atoms with E-state index in [1.807, 2.05) is 38.1 Å². The lowest BCUT2D eigenvalue weighted by atomic mass is 10.1. The van der Waals surface area contributed by atoms with Crippen LogP contribution < -0.4 is 11.1 Å². The Morgan fingerprint density at radius 1 is 1.19 bits per heavy atom. The van der Waals surface area contributed by atoms with Gasteiger partial charge in [0.1, 0.15) is 5.00 Å². The van der Waals surface area contributed by atoms with Crippen LogP contribution in [0.3, 0.4) is 0 Å². The van der Waals surface area contributed by atoms with Gasteiger partial charge in [0.05, 0.1) is 5.56 Å². The van der Waals surface area contributed by atoms with E-state index in [1.54, 1.807) is 12.1 Å². The van der Waals surface area contributed by atoms with Crippen molar-refractivity contribution in [3.05, 3.63) is 58.0 Å². The summed E-state index contributed by atoms with van der Waals surface area (Å²) in [7, 11) is 0. The molecule has 108 valence electrons. The lowest BCUT2D eigenvalue weighted by Crippen LogP contribution is -2.14. The first kappa shape index (κ1) is 15.0. The van der Waals surface area contributed by atoms with E-state index in [0.29, 0.717) is 10.6 Å². The van der Waals surface area contributed by atoms with Crippen molar-refractivity contribution in [2.45, 2.75) is 13.8 Å². The van der Waals surface area contributed by atoms with Crippen molar-refractivity contribution >= 4 is 34.2 Å². The molecule has 0 aliphatic carbocycles. The third kappa shape index (κ3) is 4.03. The average Bonchev–Trinajstić information content (AvgIpc) is 2.79. The van der Waals surface area contributed by atoms with E-state index in [0.717, 1.165) is 16.0 Å². The number of anilines is 1. The number of benzene rings is 1. The molecule has 0 radical (unpaired) electrons. The predicted molar refractivity (Wildman–Crippen MR) is 86.4 cm³/mol. The predicted octanol–water partition coefficient (Wildman–Crippen LogP) is 3.12. The molecule has 3 N–H and O–H groups in total. The van der Waals surface area contributed by atoms with Crippen molar-refractivity contribution in [3.8, 4) is 0 Å². The summed E-state index contributed by atoms with van der Waals surface area (Å²) in [5.74, 6) is -0.836. The summed E-state index contributed by atoms with van der Waals surface area (Å²) in [6.07, 6.45) is 3.16. The third-order valence-electron chi connectivity index (χ3n) is 2.86. The fourth-order valence-corrected chi connectivity index (χ4v) is 2.71. The molecular weight excluding hydrogens is 284 g/mol. The third-order valence-corrected chi connectivity index (χ3v) is 3.83. The summed E-state index contributed by atoms with van der Waals surface area (Å²) in [4.78, 5) is 24.1. The second-order valence-electron chi connectivity index (χ2n) is 4.70. The Hall–Kier alpha value is -2.40. The van der Waals surface area contributed by atoms with Crippen molar-refractivity contribution in [3.63, 3.8) is 0 Å². The zero-order chi connectivity index (χ0) is 15.4. The van der Waals surface area contributed by atoms with Crippen LogP contribution in [0.4, 0.5) is 5.00 Å². The first-order chi connectivity index (χ1) is 9.95. The summed E-state index contributed by atoms with van der Waals surface area (Å²) >= 11 is 1.33. The van der Waals surface area contributed by atoms with Crippen molar-refractivity contribution < 1.29 is 9.59 Å². The van der Waals surface area contributed by atoms with Crippen LogP contribution in [-0.4, -0.2) is 11.8 Å². The molecule has 0 unspecified atom stereocenters. The number of nitrogens with one attached hydrogen (secondary N) is 1. The second kappa shape index (κ2) is 6.37. The van der Waals surface area contributed by atoms with Crippen LogP contribution in [0.2, 0.25) is 0 Å². The van der Waals surface area contributed by atoms with Gasteiger partial charge in [-0.2, -0.15) is 0 Å². The van der Waals surface area contributed by atoms with Crippen LogP contribution in [-0.2, 0) is 4.79 Å². The molecule has 0 aliphatic heterocycles. The van der Waals surface area contributed by atoms with Gasteiger partial charge in [-0.05, 0) is 31.6 Å². The van der Waals surface area contributed by atoms with Crippen molar-refractivity contribution in [2.75, 3.05) is 5.32 Å². The number of hydrogen-bond donors (Lipinski definition) is 2. The van der Waals surface area contributed by atoms with E-state index < -0.39 is 5.91 Å². The summed E-state index contributed by atoms with van der Waals surface area (Å²) in [6.45, 7) is 3.86. The zero-order valence-corrected chi connectivity index (χ0v) is 12.7. The maximum absolute atomic E-state index is 11.9. The zero-order valence-electron chi connectivity index (χ0n) is 11.8. The summed E-state index contributed by atoms with van der Waals surface area (Å²) < 4.78 is 0. The number of hydrogen-bond acceptors (Lipinski definition) is 3. The Labute approximate surface area is 127 Å². The number of rotatable bonds is 4. The van der Waals surface area contributed by atoms with Crippen molar-refractivity contribution in [1.29, 1.82) is 0 Å². The molecule has 0 aliphatic rings. The first-order valence-corrected chi connectivity index (χ1v) is 7.23. The smallest absolute Gasteiger partial charge is 0.251 e. The number of amides is 2. The van der Waals surface area contributed by atoms with Crippen LogP contribution in [0.25, 0.3) is 6.08 Å². The van der Waals surface area contributed by atoms with Gasteiger partial charge in [-0.15, -0.1) is 11.3 Å². The molecule has 0 spiro atoms. The van der Waals surface area contributed by atoms with Crippen LogP contribution in [0, 0.1) is 13.8 Å². The van der Waals surface area contributed by atoms with Gasteiger partial charge in [0.15, 0.2) is 0 Å². The Bertz CT molecular complexity index is 700. The van der Waals surface area contributed by atoms with E-state index in [-0.39, 0.29) is 5.91 Å². The quantitative estimate of drug-likeness (QED) is 0.852. The molecule has 2 aromatic rings. The van der Waals surface area contributed by atoms with Crippen LogP contribution in [0.5, 0.6) is 0 Å². The van der Waals surface area contributed by atoms with Gasteiger partial charge in [-0.1, -0.05) is 29.8 Å². The van der Waals surface area contributed by atoms with Crippen LogP contribution in [0.15, 0.2) is 36.4 Å². The number of aryl methyl sites for hydroxylation is 2. The molecule has 0 fully saturated rings. The normalized spacial score (nSPS) is 10.8. The molecule has 1 aromatic heterocycles. The minimum Gasteiger partial charge on any atom is -0.366 e. The topological polar surface area (TPSA) is 72.2 Å². The van der Waals surface area contributed by atoms with Gasteiger partial charge >= 0.3 is 0 Å². The molecule has 0 saturated heterocycles. The Morgan fingerprint density at radius 3 is 2.48 bits per heavy atom. The Kier molecular flexibility index (Phi) is 4.55. The fourth-order valence-electron chi connectivity index (χ4n) is 1.79. The molecule has 5 heteroatoms. The molecule has 0 bridgehead atoms. The summed E-state index contributed by atoms with van der Waals surface area (Å²) in [6, 6.07) is 9.50. The lowest BCUT2D eigenvalue weighted by Gasteiger charge is -2.01. The molecule has 1 aromatic carbocycles. The number of carbonyl (C=O) groups is 2. The van der Waals surface area contributed by atoms with Crippen molar-refractivity contribution in [1.82, 2.24) is 0 Å². The van der Waals surface area contributed by atoms with Gasteiger partial charge in [-0.3, -0.25) is 9.59 Å². The SMILES string of the molecule is Cc1ccc(/C=C/C(=O)Nc2sc(C)cc2C(N)=O)cc1. The highest BCUT2D eigenvalue weighted by atomic mass is 32.1. The lowest BCUT2D eigenvalue weighted by molar-refractivity contribution is -0.111. The molecule has 2 rings (SSSR count). The number of carbonyl (C=O) groups excluding carboxylic acids is 2. The summed E-state index contributed by atoms with van der Waals surface area (Å²) in [5, 5.41) is 3.17. The molecule has 21 heavy (non-hydrogen) atoms. The minimum atomic E-state index is -0.544. The number of primary amides is 1. The number of thiophene rings is 1. The molecule has 1 heterocycles. The van der Waals surface area contributed by atoms with E-state index >= 15 is 0 Å². The van der Waals surface area contributed by atoms with Gasteiger partial charge in [0, 0.05) is 11.0 Å². The summed E-state index contributed by atoms with van der Waals surface area (Å²) in [5.41, 5.74) is 7.73. The largest absolute Gasteiger partial charge is 0.366 e. The van der Waals surface area contributed by atoms with Gasteiger partial charge in [-0.25, -0.2) is 0 Å². The molecule has 0 saturated carbocycles. The molecule has 0 atom stereocenters. The molecule has 2 amide bonds. The Balaban J connectivity index is 2.08. The van der Waals surface area contributed by atoms with E-state index in [1.165, 1.54) is 17.4 Å². The first-order valence-electron chi connectivity index (χ1n) is 6.41. The Morgan fingerprint density at radius 2 is 1.86 bits per heavy atom. The van der Waals surface area contributed by atoms with Gasteiger partial charge < -0.3 is 11.1 Å². The standard InChI is InChI=1S/C16H16N2O2S/c1-10-3-5-12(6-4-10)7-8-14(19)18-16-13(15(17)20)9-11(2)21-16/h3-9H,1-2H3,(H2,17,20)(H,18,19)/b8-7+. The highest BCUT2D eigenvalue weighted by Gasteiger charge is 2.13. The average molecular weight is 300 g/mol. The fraction of sp³-hybridized carbons (Fsp3) is 0.125. The molecule has 4 nitrogen and oxygen atoms in total. The second-order valence-corrected chi connectivity index (χ2v) is 5.95. The highest BCUT2D eigenvalue weighted by molar-refractivity contribution is 7.16. The van der Waals surface area contributed by atoms with Crippen LogP contribution >= 0.6 is 11.3 Å². The van der Waals surface area contributed by atoms with E-state index in [9.17, 15) is 9.59 Å². The van der Waals surface area contributed by atoms with E-state index in [4.69, 9.17) is 5.73 Å².